The zero-order valence-electron chi connectivity index (χ0n) is 13.7. The minimum atomic E-state index is -5.26. The van der Waals surface area contributed by atoms with Gasteiger partial charge in [-0.15, -0.1) is 0 Å². The van der Waals surface area contributed by atoms with Gasteiger partial charge in [0.25, 0.3) is 5.47 Å². The average Bonchev–Trinajstić information content (AvgIpc) is 3.10. The maximum absolute atomic E-state index is 12.4. The number of imidazole rings is 1. The van der Waals surface area contributed by atoms with Crippen molar-refractivity contribution in [2.24, 2.45) is 0 Å². The lowest BCUT2D eigenvalue weighted by Gasteiger charge is -2.33. The lowest BCUT2D eigenvalue weighted by Crippen LogP contribution is -2.45. The van der Waals surface area contributed by atoms with Crippen molar-refractivity contribution in [3.8, 4) is 0 Å². The molecule has 0 aliphatic carbocycles. The summed E-state index contributed by atoms with van der Waals surface area (Å²) in [5.41, 5.74) is 2.91. The van der Waals surface area contributed by atoms with Gasteiger partial charge in [0.2, 0.25) is 0 Å². The molecule has 0 amide bonds. The minimum absolute atomic E-state index is 0.0368. The minimum Gasteiger partial charge on any atom is -0.390 e. The van der Waals surface area contributed by atoms with Crippen LogP contribution in [0.5, 0.6) is 0 Å². The number of aliphatic hydroxyl groups is 3. The first kappa shape index (κ1) is 19.1. The Balaban J connectivity index is 2.20. The molecule has 1 aliphatic heterocycles. The number of nitrogens with zero attached hydrogens (tertiary/aromatic N) is 4. The molecule has 1 aliphatic rings. The number of nitrogens with two attached hydrogens (primary N) is 1. The van der Waals surface area contributed by atoms with E-state index < -0.39 is 37.5 Å². The van der Waals surface area contributed by atoms with E-state index in [2.05, 4.69) is 15.0 Å². The van der Waals surface area contributed by atoms with Crippen molar-refractivity contribution in [1.29, 1.82) is 0 Å². The van der Waals surface area contributed by atoms with Crippen LogP contribution in [0.1, 0.15) is 19.8 Å². The third-order valence-corrected chi connectivity index (χ3v) is 5.86. The summed E-state index contributed by atoms with van der Waals surface area (Å²) in [4.78, 5) is 31.6. The fraction of sp³-hybridized carbons (Fsp3) is 0.615. The number of fused-ring (bicyclic) bond motifs is 1. The Hall–Kier alpha value is -1.66. The Morgan fingerprint density at radius 3 is 2.69 bits per heavy atom. The number of rotatable bonds is 5. The molecule has 26 heavy (non-hydrogen) atoms. The summed E-state index contributed by atoms with van der Waals surface area (Å²) in [7, 11) is -5.26. The molecule has 7 N–H and O–H groups in total. The van der Waals surface area contributed by atoms with Gasteiger partial charge in [-0.25, -0.2) is 15.0 Å². The fourth-order valence-electron chi connectivity index (χ4n) is 3.18. The molecule has 5 atom stereocenters. The highest BCUT2D eigenvalue weighted by atomic mass is 31.2. The molecule has 1 fully saturated rings. The van der Waals surface area contributed by atoms with Gasteiger partial charge in [0.15, 0.2) is 11.5 Å². The highest BCUT2D eigenvalue weighted by Crippen LogP contribution is 2.61. The average molecular weight is 389 g/mol. The molecule has 3 heterocycles. The van der Waals surface area contributed by atoms with Crippen LogP contribution < -0.4 is 5.73 Å². The Morgan fingerprint density at radius 2 is 2.08 bits per heavy atom. The predicted molar refractivity (Wildman–Crippen MR) is 87.6 cm³/mol. The van der Waals surface area contributed by atoms with Gasteiger partial charge in [-0.1, -0.05) is 13.3 Å². The van der Waals surface area contributed by atoms with Crippen LogP contribution in [0.2, 0.25) is 0 Å². The van der Waals surface area contributed by atoms with Gasteiger partial charge in [-0.05, 0) is 6.42 Å². The van der Waals surface area contributed by atoms with Gasteiger partial charge < -0.3 is 35.6 Å². The van der Waals surface area contributed by atoms with Crippen molar-refractivity contribution in [2.45, 2.75) is 49.6 Å². The van der Waals surface area contributed by atoms with Crippen molar-refractivity contribution in [3.05, 3.63) is 12.7 Å². The van der Waals surface area contributed by atoms with Gasteiger partial charge in [-0.2, -0.15) is 0 Å². The number of hydrogen-bond donors (Lipinski definition) is 6. The first-order valence-corrected chi connectivity index (χ1v) is 9.48. The maximum Gasteiger partial charge on any atom is 0.381 e. The van der Waals surface area contributed by atoms with E-state index in [-0.39, 0.29) is 23.4 Å². The van der Waals surface area contributed by atoms with E-state index in [0.717, 1.165) is 17.2 Å². The molecule has 0 aromatic carbocycles. The van der Waals surface area contributed by atoms with Gasteiger partial charge in [0, 0.05) is 0 Å². The summed E-state index contributed by atoms with van der Waals surface area (Å²) in [6.45, 7) is 1.78. The molecule has 1 saturated heterocycles. The van der Waals surface area contributed by atoms with Gasteiger partial charge in [0.05, 0.1) is 6.10 Å². The Kier molecular flexibility index (Phi) is 4.78. The number of aromatic nitrogens is 4. The SMILES string of the molecule is CCCC(O)[C@H]1O[C@](n2cnc3c(N)ncnc32)(P(=O)(O)O)[C@H](O)[C@@H]1O. The largest absolute Gasteiger partial charge is 0.390 e. The van der Waals surface area contributed by atoms with Gasteiger partial charge in [-0.3, -0.25) is 9.13 Å². The van der Waals surface area contributed by atoms with E-state index in [9.17, 15) is 29.7 Å². The molecular weight excluding hydrogens is 369 g/mol. The van der Waals surface area contributed by atoms with Gasteiger partial charge in [0.1, 0.15) is 36.5 Å². The predicted octanol–water partition coefficient (Wildman–Crippen LogP) is -1.52. The van der Waals surface area contributed by atoms with Crippen LogP contribution in [0.3, 0.4) is 0 Å². The Bertz CT molecular complexity index is 857. The second-order valence-corrected chi connectivity index (χ2v) is 7.85. The van der Waals surface area contributed by atoms with E-state index in [1.165, 1.54) is 0 Å². The van der Waals surface area contributed by atoms with E-state index in [1.807, 2.05) is 0 Å². The first-order valence-electron chi connectivity index (χ1n) is 7.86. The van der Waals surface area contributed by atoms with Gasteiger partial charge >= 0.3 is 7.60 Å². The standard InChI is InChI=1S/C13H20N5O7P/c1-2-3-6(19)9-8(20)10(21)13(25-9,26(22,23)24)18-5-17-7-11(14)15-4-16-12(7)18/h4-6,8-10,19-21H,2-3H2,1H3,(H2,14,15,16)(H2,22,23,24)/t6?,8-,9-,10-,13+/m1/s1. The number of aliphatic hydroxyl groups excluding tert-OH is 3. The number of ether oxygens (including phenoxy) is 1. The van der Waals surface area contributed by atoms with Crippen molar-refractivity contribution >= 4 is 24.6 Å². The monoisotopic (exact) mass is 389 g/mol. The summed E-state index contributed by atoms with van der Waals surface area (Å²) in [6.07, 6.45) is -3.70. The second-order valence-electron chi connectivity index (χ2n) is 6.12. The molecule has 1 unspecified atom stereocenters. The number of hydrogen-bond acceptors (Lipinski definition) is 9. The van der Waals surface area contributed by atoms with E-state index in [1.54, 1.807) is 6.92 Å². The quantitative estimate of drug-likeness (QED) is 0.325. The van der Waals surface area contributed by atoms with Crippen molar-refractivity contribution in [2.75, 3.05) is 5.73 Å². The lowest BCUT2D eigenvalue weighted by molar-refractivity contribution is -0.119. The molecule has 0 saturated carbocycles. The molecule has 12 nitrogen and oxygen atoms in total. The number of nitrogen functional groups attached to an aromatic ring is 1. The van der Waals surface area contributed by atoms with Crippen LogP contribution in [-0.2, 0) is 14.8 Å². The lowest BCUT2D eigenvalue weighted by atomic mass is 10.0. The zero-order chi connectivity index (χ0) is 19.3. The van der Waals surface area contributed by atoms with Crippen LogP contribution in [0.15, 0.2) is 12.7 Å². The molecule has 0 bridgehead atoms. The topological polar surface area (TPSA) is 197 Å². The van der Waals surface area contributed by atoms with E-state index >= 15 is 0 Å². The highest BCUT2D eigenvalue weighted by Gasteiger charge is 2.67. The number of anilines is 1. The van der Waals surface area contributed by atoms with Crippen LogP contribution in [0.4, 0.5) is 5.82 Å². The van der Waals surface area contributed by atoms with Crippen LogP contribution in [-0.4, -0.2) is 69.0 Å². The zero-order valence-corrected chi connectivity index (χ0v) is 14.6. The summed E-state index contributed by atoms with van der Waals surface area (Å²) < 4.78 is 18.6. The van der Waals surface area contributed by atoms with Crippen LogP contribution in [0, 0.1) is 0 Å². The van der Waals surface area contributed by atoms with Crippen molar-refractivity contribution < 1.29 is 34.4 Å². The molecule has 13 heteroatoms. The maximum atomic E-state index is 12.4. The Labute approximate surface area is 147 Å². The molecule has 0 radical (unpaired) electrons. The summed E-state index contributed by atoms with van der Waals surface area (Å²) in [5.74, 6) is -0.0368. The summed E-state index contributed by atoms with van der Waals surface area (Å²) in [6, 6.07) is 0. The second kappa shape index (κ2) is 6.50. The van der Waals surface area contributed by atoms with Crippen molar-refractivity contribution in [3.63, 3.8) is 0 Å². The molecular formula is C13H20N5O7P. The van der Waals surface area contributed by atoms with Crippen LogP contribution in [0.25, 0.3) is 11.2 Å². The summed E-state index contributed by atoms with van der Waals surface area (Å²) >= 11 is 0. The highest BCUT2D eigenvalue weighted by molar-refractivity contribution is 7.52. The molecule has 3 rings (SSSR count). The molecule has 0 spiro atoms. The smallest absolute Gasteiger partial charge is 0.381 e. The van der Waals surface area contributed by atoms with Crippen molar-refractivity contribution in [1.82, 2.24) is 19.5 Å². The molecule has 144 valence electrons. The first-order chi connectivity index (χ1) is 12.1. The normalized spacial score (nSPS) is 30.8. The molecule has 2 aromatic heterocycles. The van der Waals surface area contributed by atoms with E-state index in [0.29, 0.717) is 6.42 Å². The third kappa shape index (κ3) is 2.62. The fourth-order valence-corrected chi connectivity index (χ4v) is 4.36. The summed E-state index contributed by atoms with van der Waals surface area (Å²) in [5, 5.41) is 31.0. The molecule has 2 aromatic rings. The van der Waals surface area contributed by atoms with E-state index in [4.69, 9.17) is 10.5 Å². The van der Waals surface area contributed by atoms with Crippen LogP contribution >= 0.6 is 7.60 Å². The Morgan fingerprint density at radius 1 is 1.38 bits per heavy atom. The third-order valence-electron chi connectivity index (χ3n) is 4.44.